The van der Waals surface area contributed by atoms with Gasteiger partial charge in [0.05, 0.1) is 6.61 Å². The fraction of sp³-hybridized carbons (Fsp3) is 1.00. The molecule has 0 aliphatic carbocycles. The summed E-state index contributed by atoms with van der Waals surface area (Å²) in [6.45, 7) is 15.8. The van der Waals surface area contributed by atoms with Gasteiger partial charge in [-0.2, -0.15) is 0 Å². The molecule has 3 heteroatoms. The zero-order chi connectivity index (χ0) is 13.8. The summed E-state index contributed by atoms with van der Waals surface area (Å²) < 4.78 is 5.27. The van der Waals surface area contributed by atoms with Crippen LogP contribution in [0.25, 0.3) is 0 Å². The molecule has 3 nitrogen and oxygen atoms in total. The Hall–Kier alpha value is -0.120. The molecule has 0 aromatic heterocycles. The van der Waals surface area contributed by atoms with Gasteiger partial charge in [0.1, 0.15) is 0 Å². The van der Waals surface area contributed by atoms with Crippen LogP contribution in [0.5, 0.6) is 0 Å². The summed E-state index contributed by atoms with van der Waals surface area (Å²) in [5.74, 6) is 0.746. The second-order valence-corrected chi connectivity index (χ2v) is 6.77. The van der Waals surface area contributed by atoms with E-state index in [0.717, 1.165) is 32.2 Å². The van der Waals surface area contributed by atoms with Gasteiger partial charge in [-0.1, -0.05) is 41.0 Å². The van der Waals surface area contributed by atoms with Crippen LogP contribution in [0, 0.1) is 11.3 Å². The Kier molecular flexibility index (Phi) is 6.09. The first-order valence-electron chi connectivity index (χ1n) is 7.36. The number of hydrogen-bond acceptors (Lipinski definition) is 3. The molecular weight excluding hydrogens is 224 g/mol. The number of nitrogens with zero attached hydrogens (tertiary/aromatic N) is 1. The van der Waals surface area contributed by atoms with E-state index < -0.39 is 0 Å². The lowest BCUT2D eigenvalue weighted by atomic mass is 9.82. The zero-order valence-electron chi connectivity index (χ0n) is 13.1. The van der Waals surface area contributed by atoms with E-state index in [1.165, 1.54) is 6.42 Å². The number of methoxy groups -OCH3 is 1. The largest absolute Gasteiger partial charge is 0.383 e. The Bertz CT molecular complexity index is 237. The molecule has 1 fully saturated rings. The molecule has 3 unspecified atom stereocenters. The monoisotopic (exact) mass is 256 g/mol. The summed E-state index contributed by atoms with van der Waals surface area (Å²) in [6, 6.07) is 1.23. The zero-order valence-corrected chi connectivity index (χ0v) is 13.1. The number of hydrogen-bond donors (Lipinski definition) is 1. The Labute approximate surface area is 113 Å². The maximum Gasteiger partial charge on any atom is 0.0589 e. The van der Waals surface area contributed by atoms with Crippen LogP contribution in [0.2, 0.25) is 0 Å². The van der Waals surface area contributed by atoms with Crippen molar-refractivity contribution in [1.82, 2.24) is 10.2 Å². The van der Waals surface area contributed by atoms with Crippen LogP contribution < -0.4 is 5.32 Å². The van der Waals surface area contributed by atoms with Crippen LogP contribution in [0.15, 0.2) is 0 Å². The summed E-state index contributed by atoms with van der Waals surface area (Å²) in [5, 5.41) is 3.75. The minimum absolute atomic E-state index is 0.321. The standard InChI is InChI=1S/C15H32N2O/c1-7-12(2)13-11-17(8-9-18-6)14(10-16-13)15(3,4)5/h12-14,16H,7-11H2,1-6H3. The average Bonchev–Trinajstić information content (AvgIpc) is 2.33. The van der Waals surface area contributed by atoms with Crippen molar-refractivity contribution in [3.8, 4) is 0 Å². The van der Waals surface area contributed by atoms with Gasteiger partial charge >= 0.3 is 0 Å². The Morgan fingerprint density at radius 1 is 1.39 bits per heavy atom. The van der Waals surface area contributed by atoms with Crippen LogP contribution in [-0.2, 0) is 4.74 Å². The maximum absolute atomic E-state index is 5.27. The van der Waals surface area contributed by atoms with Crippen LogP contribution in [0.3, 0.4) is 0 Å². The lowest BCUT2D eigenvalue weighted by Crippen LogP contribution is -2.62. The highest BCUT2D eigenvalue weighted by Gasteiger charge is 2.36. The molecule has 3 atom stereocenters. The van der Waals surface area contributed by atoms with E-state index in [2.05, 4.69) is 44.8 Å². The number of nitrogens with one attached hydrogen (secondary N) is 1. The third kappa shape index (κ3) is 4.22. The molecule has 0 bridgehead atoms. The predicted molar refractivity (Wildman–Crippen MR) is 77.9 cm³/mol. The molecule has 0 saturated carbocycles. The maximum atomic E-state index is 5.27. The lowest BCUT2D eigenvalue weighted by Gasteiger charge is -2.47. The molecule has 1 aliphatic heterocycles. The fourth-order valence-corrected chi connectivity index (χ4v) is 2.81. The molecular formula is C15H32N2O. The van der Waals surface area contributed by atoms with Gasteiger partial charge in [0.2, 0.25) is 0 Å². The highest BCUT2D eigenvalue weighted by atomic mass is 16.5. The van der Waals surface area contributed by atoms with E-state index >= 15 is 0 Å². The molecule has 1 saturated heterocycles. The van der Waals surface area contributed by atoms with Crippen molar-refractivity contribution in [3.05, 3.63) is 0 Å². The minimum Gasteiger partial charge on any atom is -0.383 e. The lowest BCUT2D eigenvalue weighted by molar-refractivity contribution is 0.0253. The van der Waals surface area contributed by atoms with Gasteiger partial charge in [0.15, 0.2) is 0 Å². The Balaban J connectivity index is 2.66. The fourth-order valence-electron chi connectivity index (χ4n) is 2.81. The van der Waals surface area contributed by atoms with Crippen molar-refractivity contribution < 1.29 is 4.74 Å². The average molecular weight is 256 g/mol. The first-order valence-corrected chi connectivity index (χ1v) is 7.36. The van der Waals surface area contributed by atoms with Gasteiger partial charge in [0, 0.05) is 38.8 Å². The smallest absolute Gasteiger partial charge is 0.0589 e. The molecule has 0 radical (unpaired) electrons. The molecule has 0 aromatic carbocycles. The van der Waals surface area contributed by atoms with Crippen LogP contribution >= 0.6 is 0 Å². The highest BCUT2D eigenvalue weighted by Crippen LogP contribution is 2.27. The molecule has 18 heavy (non-hydrogen) atoms. The molecule has 0 aromatic rings. The van der Waals surface area contributed by atoms with E-state index in [-0.39, 0.29) is 0 Å². The third-order valence-electron chi connectivity index (χ3n) is 4.36. The van der Waals surface area contributed by atoms with Crippen LogP contribution in [0.1, 0.15) is 41.0 Å². The van der Waals surface area contributed by atoms with Crippen LogP contribution in [-0.4, -0.2) is 50.3 Å². The van der Waals surface area contributed by atoms with E-state index in [4.69, 9.17) is 4.74 Å². The first kappa shape index (κ1) is 15.9. The SMILES string of the molecule is CCC(C)C1CN(CCOC)C(C(C)(C)C)CN1. The van der Waals surface area contributed by atoms with Crippen molar-refractivity contribution in [2.45, 2.75) is 53.1 Å². The summed E-state index contributed by atoms with van der Waals surface area (Å²) in [5.41, 5.74) is 0.321. The van der Waals surface area contributed by atoms with E-state index in [0.29, 0.717) is 17.5 Å². The van der Waals surface area contributed by atoms with Gasteiger partial charge < -0.3 is 10.1 Å². The number of ether oxygens (including phenoxy) is 1. The minimum atomic E-state index is 0.321. The number of rotatable bonds is 5. The van der Waals surface area contributed by atoms with Crippen molar-refractivity contribution >= 4 is 0 Å². The highest BCUT2D eigenvalue weighted by molar-refractivity contribution is 4.93. The quantitative estimate of drug-likeness (QED) is 0.817. The second kappa shape index (κ2) is 6.88. The second-order valence-electron chi connectivity index (χ2n) is 6.77. The van der Waals surface area contributed by atoms with Gasteiger partial charge in [0.25, 0.3) is 0 Å². The van der Waals surface area contributed by atoms with E-state index in [1.54, 1.807) is 7.11 Å². The third-order valence-corrected chi connectivity index (χ3v) is 4.36. The molecule has 0 amide bonds. The number of piperazine rings is 1. The van der Waals surface area contributed by atoms with Gasteiger partial charge in [-0.15, -0.1) is 0 Å². The Morgan fingerprint density at radius 3 is 2.56 bits per heavy atom. The summed E-state index contributed by atoms with van der Waals surface area (Å²) >= 11 is 0. The van der Waals surface area contributed by atoms with E-state index in [1.807, 2.05) is 0 Å². The topological polar surface area (TPSA) is 24.5 Å². The predicted octanol–water partition coefficient (Wildman–Crippen LogP) is 2.37. The summed E-state index contributed by atoms with van der Waals surface area (Å²) in [7, 11) is 1.79. The van der Waals surface area contributed by atoms with Gasteiger partial charge in [-0.3, -0.25) is 4.90 Å². The first-order chi connectivity index (χ1) is 8.40. The molecule has 1 rings (SSSR count). The van der Waals surface area contributed by atoms with Crippen molar-refractivity contribution in [2.24, 2.45) is 11.3 Å². The summed E-state index contributed by atoms with van der Waals surface area (Å²) in [4.78, 5) is 2.62. The molecule has 108 valence electrons. The molecule has 1 heterocycles. The molecule has 0 spiro atoms. The van der Waals surface area contributed by atoms with Crippen LogP contribution in [0.4, 0.5) is 0 Å². The molecule has 1 aliphatic rings. The molecule has 1 N–H and O–H groups in total. The summed E-state index contributed by atoms with van der Waals surface area (Å²) in [6.07, 6.45) is 1.25. The van der Waals surface area contributed by atoms with Gasteiger partial charge in [-0.05, 0) is 11.3 Å². The van der Waals surface area contributed by atoms with Gasteiger partial charge in [-0.25, -0.2) is 0 Å². The van der Waals surface area contributed by atoms with Crippen molar-refractivity contribution in [2.75, 3.05) is 33.4 Å². The van der Waals surface area contributed by atoms with Crippen molar-refractivity contribution in [1.29, 1.82) is 0 Å². The van der Waals surface area contributed by atoms with Crippen molar-refractivity contribution in [3.63, 3.8) is 0 Å². The normalized spacial score (nSPS) is 28.3. The Morgan fingerprint density at radius 2 is 2.06 bits per heavy atom. The van der Waals surface area contributed by atoms with E-state index in [9.17, 15) is 0 Å².